The van der Waals surface area contributed by atoms with Gasteiger partial charge in [0.05, 0.1) is 35.7 Å². The monoisotopic (exact) mass is 453 g/mol. The van der Waals surface area contributed by atoms with Gasteiger partial charge in [0.25, 0.3) is 0 Å². The van der Waals surface area contributed by atoms with E-state index in [1.54, 1.807) is 0 Å². The van der Waals surface area contributed by atoms with Crippen molar-refractivity contribution in [2.75, 3.05) is 26.3 Å². The summed E-state index contributed by atoms with van der Waals surface area (Å²) in [5.74, 6) is -0.297. The van der Waals surface area contributed by atoms with Gasteiger partial charge in [0.1, 0.15) is 12.6 Å². The first-order chi connectivity index (χ1) is 13.4. The highest BCUT2D eigenvalue weighted by Crippen LogP contribution is 2.29. The molecule has 0 bridgehead atoms. The van der Waals surface area contributed by atoms with Crippen molar-refractivity contribution in [1.82, 2.24) is 14.9 Å². The van der Waals surface area contributed by atoms with Crippen molar-refractivity contribution in [3.63, 3.8) is 0 Å². The summed E-state index contributed by atoms with van der Waals surface area (Å²) in [7, 11) is 0. The molecule has 2 aliphatic rings. The Kier molecular flexibility index (Phi) is 10.4. The van der Waals surface area contributed by atoms with Crippen LogP contribution < -0.4 is 10.6 Å². The SMILES string of the molecule is C=C(CCNC(=O)C1CN1SOCCC)NC(=O)COC1CCC(Cl)C(Cl)C1. The molecular weight excluding hydrogens is 425 g/mol. The van der Waals surface area contributed by atoms with Crippen molar-refractivity contribution in [1.29, 1.82) is 0 Å². The summed E-state index contributed by atoms with van der Waals surface area (Å²) >= 11 is 13.5. The molecule has 0 aromatic rings. The quantitative estimate of drug-likeness (QED) is 0.155. The predicted molar refractivity (Wildman–Crippen MR) is 112 cm³/mol. The lowest BCUT2D eigenvalue weighted by Crippen LogP contribution is -2.35. The Morgan fingerprint density at radius 1 is 1.29 bits per heavy atom. The van der Waals surface area contributed by atoms with Crippen LogP contribution in [0.4, 0.5) is 0 Å². The van der Waals surface area contributed by atoms with Crippen LogP contribution in [0.15, 0.2) is 12.3 Å². The first-order valence-electron chi connectivity index (χ1n) is 9.62. The van der Waals surface area contributed by atoms with Gasteiger partial charge in [-0.25, -0.2) is 4.31 Å². The molecule has 1 aliphatic heterocycles. The minimum absolute atomic E-state index is 0.0319. The zero-order valence-corrected chi connectivity index (χ0v) is 18.5. The van der Waals surface area contributed by atoms with Gasteiger partial charge in [0.15, 0.2) is 0 Å². The minimum atomic E-state index is -0.256. The van der Waals surface area contributed by atoms with Crippen molar-refractivity contribution in [3.8, 4) is 0 Å². The molecule has 10 heteroatoms. The lowest BCUT2D eigenvalue weighted by Gasteiger charge is -2.29. The highest BCUT2D eigenvalue weighted by molar-refractivity contribution is 7.92. The number of amides is 2. The molecule has 1 saturated carbocycles. The molecule has 28 heavy (non-hydrogen) atoms. The summed E-state index contributed by atoms with van der Waals surface area (Å²) in [6, 6.07) is -0.146. The number of nitrogens with one attached hydrogen (secondary N) is 2. The van der Waals surface area contributed by atoms with Crippen LogP contribution in [0.25, 0.3) is 0 Å². The third-order valence-electron chi connectivity index (χ3n) is 4.44. The van der Waals surface area contributed by atoms with Gasteiger partial charge in [0.2, 0.25) is 11.8 Å². The Morgan fingerprint density at radius 3 is 2.79 bits per heavy atom. The Hall–Kier alpha value is -0.510. The fourth-order valence-corrected chi connectivity index (χ4v) is 4.08. The van der Waals surface area contributed by atoms with Crippen molar-refractivity contribution in [2.24, 2.45) is 0 Å². The summed E-state index contributed by atoms with van der Waals surface area (Å²) in [6.45, 7) is 7.58. The highest BCUT2D eigenvalue weighted by atomic mass is 35.5. The molecule has 1 saturated heterocycles. The van der Waals surface area contributed by atoms with Gasteiger partial charge in [-0.15, -0.1) is 23.2 Å². The van der Waals surface area contributed by atoms with Gasteiger partial charge in [-0.05, 0) is 25.7 Å². The predicted octanol–water partition coefficient (Wildman–Crippen LogP) is 2.58. The van der Waals surface area contributed by atoms with Crippen molar-refractivity contribution in [2.45, 2.75) is 61.9 Å². The van der Waals surface area contributed by atoms with E-state index in [0.717, 1.165) is 19.3 Å². The van der Waals surface area contributed by atoms with Gasteiger partial charge < -0.3 is 19.6 Å². The maximum absolute atomic E-state index is 12.0. The van der Waals surface area contributed by atoms with Crippen LogP contribution in [0, 0.1) is 0 Å². The van der Waals surface area contributed by atoms with Gasteiger partial charge in [0, 0.05) is 25.2 Å². The largest absolute Gasteiger partial charge is 0.368 e. The zero-order chi connectivity index (χ0) is 20.5. The molecule has 160 valence electrons. The first kappa shape index (κ1) is 23.8. The van der Waals surface area contributed by atoms with Crippen molar-refractivity contribution >= 4 is 47.2 Å². The summed E-state index contributed by atoms with van der Waals surface area (Å²) in [6.07, 6.45) is 3.60. The number of carbonyl (C=O) groups excluding carboxylic acids is 2. The highest BCUT2D eigenvalue weighted by Gasteiger charge is 2.41. The second kappa shape index (κ2) is 12.2. The first-order valence-corrected chi connectivity index (χ1v) is 11.2. The molecule has 1 aliphatic carbocycles. The van der Waals surface area contributed by atoms with Crippen molar-refractivity contribution < 1.29 is 18.5 Å². The van der Waals surface area contributed by atoms with Crippen LogP contribution in [-0.4, -0.2) is 65.3 Å². The van der Waals surface area contributed by atoms with Crippen LogP contribution in [-0.2, 0) is 18.5 Å². The smallest absolute Gasteiger partial charge is 0.250 e. The van der Waals surface area contributed by atoms with Crippen LogP contribution >= 0.6 is 35.4 Å². The fraction of sp³-hybridized carbons (Fsp3) is 0.778. The lowest BCUT2D eigenvalue weighted by molar-refractivity contribution is -0.127. The van der Waals surface area contributed by atoms with Crippen LogP contribution in [0.1, 0.15) is 39.0 Å². The number of rotatable bonds is 12. The summed E-state index contributed by atoms with van der Waals surface area (Å²) in [5, 5.41) is 5.38. The molecule has 2 fully saturated rings. The number of hydrogen-bond donors (Lipinski definition) is 2. The summed E-state index contributed by atoms with van der Waals surface area (Å²) in [4.78, 5) is 24.0. The second-order valence-electron chi connectivity index (χ2n) is 6.98. The molecule has 0 aromatic heterocycles. The molecule has 0 radical (unpaired) electrons. The Morgan fingerprint density at radius 2 is 2.07 bits per heavy atom. The van der Waals surface area contributed by atoms with Gasteiger partial charge in [-0.1, -0.05) is 13.5 Å². The molecule has 2 N–H and O–H groups in total. The molecule has 7 nitrogen and oxygen atoms in total. The van der Waals surface area contributed by atoms with E-state index in [4.69, 9.17) is 32.1 Å². The van der Waals surface area contributed by atoms with Gasteiger partial charge in [-0.2, -0.15) is 0 Å². The van der Waals surface area contributed by atoms with E-state index >= 15 is 0 Å². The van der Waals surface area contributed by atoms with Crippen LogP contribution in [0.2, 0.25) is 0 Å². The molecule has 0 aromatic carbocycles. The van der Waals surface area contributed by atoms with E-state index in [9.17, 15) is 9.59 Å². The fourth-order valence-electron chi connectivity index (χ4n) is 2.75. The number of hydrogen-bond acceptors (Lipinski definition) is 6. The van der Waals surface area contributed by atoms with E-state index in [1.165, 1.54) is 12.2 Å². The van der Waals surface area contributed by atoms with Crippen LogP contribution in [0.5, 0.6) is 0 Å². The Bertz CT molecular complexity index is 555. The normalized spacial score (nSPS) is 29.2. The maximum Gasteiger partial charge on any atom is 0.250 e. The maximum atomic E-state index is 12.0. The number of ether oxygens (including phenoxy) is 1. The molecule has 0 spiro atoms. The summed E-state index contributed by atoms with van der Waals surface area (Å²) in [5.41, 5.74) is 0.543. The Labute approximate surface area is 181 Å². The lowest BCUT2D eigenvalue weighted by atomic mass is 9.97. The molecule has 5 atom stereocenters. The topological polar surface area (TPSA) is 79.7 Å². The molecule has 1 heterocycles. The standard InChI is InChI=1S/C18H29Cl2N3O4S/c1-3-8-27-28-23-10-16(23)18(25)21-7-6-12(2)22-17(24)11-26-13-4-5-14(19)15(20)9-13/h13-16H,2-11H2,1H3,(H,21,25)(H,22,24). The zero-order valence-electron chi connectivity index (χ0n) is 16.1. The number of halogens is 2. The second-order valence-corrected chi connectivity index (χ2v) is 8.96. The average molecular weight is 454 g/mol. The average Bonchev–Trinajstić information content (AvgIpc) is 3.42. The molecule has 5 unspecified atom stereocenters. The van der Waals surface area contributed by atoms with E-state index in [0.29, 0.717) is 38.2 Å². The third kappa shape index (κ3) is 8.47. The van der Waals surface area contributed by atoms with Crippen LogP contribution in [0.3, 0.4) is 0 Å². The van der Waals surface area contributed by atoms with E-state index in [-0.39, 0.29) is 41.3 Å². The van der Waals surface area contributed by atoms with E-state index in [2.05, 4.69) is 17.2 Å². The molecule has 2 amide bonds. The summed E-state index contributed by atoms with van der Waals surface area (Å²) < 4.78 is 12.8. The van der Waals surface area contributed by atoms with E-state index < -0.39 is 0 Å². The van der Waals surface area contributed by atoms with E-state index in [1.807, 2.05) is 11.2 Å². The number of nitrogens with zero attached hydrogens (tertiary/aromatic N) is 1. The van der Waals surface area contributed by atoms with Gasteiger partial charge >= 0.3 is 0 Å². The molecule has 2 rings (SSSR count). The number of alkyl halides is 2. The number of carbonyl (C=O) groups is 2. The van der Waals surface area contributed by atoms with Gasteiger partial charge in [-0.3, -0.25) is 9.59 Å². The molecular formula is C18H29Cl2N3O4S. The van der Waals surface area contributed by atoms with Crippen molar-refractivity contribution in [3.05, 3.63) is 12.3 Å². The third-order valence-corrected chi connectivity index (χ3v) is 6.44. The Balaban J connectivity index is 1.51. The minimum Gasteiger partial charge on any atom is -0.368 e.